The minimum Gasteiger partial charge on any atom is -0.480 e. The summed E-state index contributed by atoms with van der Waals surface area (Å²) in [6.45, 7) is 0.832. The number of benzene rings is 1. The van der Waals surface area contributed by atoms with Crippen molar-refractivity contribution in [3.05, 3.63) is 29.6 Å². The highest BCUT2D eigenvalue weighted by Gasteiger charge is 2.29. The molecule has 0 aromatic heterocycles. The minimum absolute atomic E-state index is 0.230. The molecule has 0 fully saturated rings. The topological polar surface area (TPSA) is 83.5 Å². The number of nitrogens with one attached hydrogen (secondary N) is 1. The first-order valence-electron chi connectivity index (χ1n) is 4.54. The number of carboxylic acid groups (broad SMARTS) is 1. The van der Waals surface area contributed by atoms with E-state index in [0.29, 0.717) is 6.07 Å². The second-order valence-corrected chi connectivity index (χ2v) is 5.38. The van der Waals surface area contributed by atoms with Gasteiger partial charge in [0.2, 0.25) is 10.0 Å². The number of carboxylic acids is 1. The largest absolute Gasteiger partial charge is 0.480 e. The maximum Gasteiger partial charge on any atom is 0.323 e. The Morgan fingerprint density at radius 1 is 1.33 bits per heavy atom. The van der Waals surface area contributed by atoms with Crippen LogP contribution in [0.1, 0.15) is 6.92 Å². The molecule has 18 heavy (non-hydrogen) atoms. The van der Waals surface area contributed by atoms with Crippen LogP contribution < -0.4 is 4.72 Å². The van der Waals surface area contributed by atoms with Crippen molar-refractivity contribution in [2.45, 2.75) is 12.2 Å². The molecule has 100 valence electrons. The quantitative estimate of drug-likeness (QED) is 0.816. The van der Waals surface area contributed by atoms with Crippen molar-refractivity contribution in [1.29, 1.82) is 0 Å². The summed E-state index contributed by atoms with van der Waals surface area (Å²) in [5.74, 6) is -6.08. The number of hydrogen-bond donors (Lipinski definition) is 2. The molecule has 0 aliphatic heterocycles. The SMILES string of the molecule is CC(C(=O)O)S(=O)(=O)Nc1cc(F)cc(F)c1F. The van der Waals surface area contributed by atoms with Gasteiger partial charge in [0.1, 0.15) is 5.82 Å². The molecule has 0 amide bonds. The fourth-order valence-corrected chi connectivity index (χ4v) is 1.90. The third-order valence-corrected chi connectivity index (χ3v) is 3.70. The lowest BCUT2D eigenvalue weighted by Gasteiger charge is -2.12. The first kappa shape index (κ1) is 14.3. The molecule has 0 heterocycles. The van der Waals surface area contributed by atoms with Gasteiger partial charge in [-0.05, 0) is 6.92 Å². The van der Waals surface area contributed by atoms with Crippen LogP contribution in [0.25, 0.3) is 0 Å². The Bertz CT molecular complexity index is 588. The van der Waals surface area contributed by atoms with Gasteiger partial charge >= 0.3 is 5.97 Å². The van der Waals surface area contributed by atoms with Crippen molar-refractivity contribution in [3.63, 3.8) is 0 Å². The van der Waals surface area contributed by atoms with Crippen LogP contribution in [-0.4, -0.2) is 24.7 Å². The van der Waals surface area contributed by atoms with Crippen molar-refractivity contribution in [2.24, 2.45) is 0 Å². The Balaban J connectivity index is 3.16. The number of rotatable bonds is 4. The lowest BCUT2D eigenvalue weighted by molar-refractivity contribution is -0.136. The van der Waals surface area contributed by atoms with Crippen LogP contribution in [0.3, 0.4) is 0 Å². The van der Waals surface area contributed by atoms with Crippen molar-refractivity contribution in [3.8, 4) is 0 Å². The molecule has 1 aromatic rings. The predicted molar refractivity (Wildman–Crippen MR) is 56.0 cm³/mol. The third kappa shape index (κ3) is 2.92. The van der Waals surface area contributed by atoms with E-state index >= 15 is 0 Å². The molecule has 1 unspecified atom stereocenters. The number of anilines is 1. The van der Waals surface area contributed by atoms with Gasteiger partial charge in [0, 0.05) is 12.1 Å². The zero-order valence-electron chi connectivity index (χ0n) is 8.95. The number of hydrogen-bond acceptors (Lipinski definition) is 3. The summed E-state index contributed by atoms with van der Waals surface area (Å²) < 4.78 is 63.1. The molecule has 0 spiro atoms. The van der Waals surface area contributed by atoms with Crippen LogP contribution in [0.2, 0.25) is 0 Å². The highest BCUT2D eigenvalue weighted by Crippen LogP contribution is 2.21. The van der Waals surface area contributed by atoms with E-state index in [0.717, 1.165) is 6.92 Å². The molecule has 0 radical (unpaired) electrons. The molecular weight excluding hydrogens is 275 g/mol. The molecule has 0 saturated heterocycles. The van der Waals surface area contributed by atoms with E-state index in [4.69, 9.17) is 5.11 Å². The molecule has 5 nitrogen and oxygen atoms in total. The van der Waals surface area contributed by atoms with Gasteiger partial charge in [0.25, 0.3) is 0 Å². The minimum atomic E-state index is -4.49. The van der Waals surface area contributed by atoms with E-state index < -0.39 is 44.4 Å². The highest BCUT2D eigenvalue weighted by molar-refractivity contribution is 7.94. The summed E-state index contributed by atoms with van der Waals surface area (Å²) >= 11 is 0. The first-order chi connectivity index (χ1) is 8.15. The van der Waals surface area contributed by atoms with Crippen molar-refractivity contribution >= 4 is 21.7 Å². The van der Waals surface area contributed by atoms with Crippen LogP contribution in [-0.2, 0) is 14.8 Å². The molecule has 9 heteroatoms. The number of sulfonamides is 1. The Morgan fingerprint density at radius 2 is 1.89 bits per heavy atom. The number of carbonyl (C=O) groups is 1. The fraction of sp³-hybridized carbons (Fsp3) is 0.222. The Labute approximate surface area is 100 Å². The van der Waals surface area contributed by atoms with Crippen LogP contribution in [0.15, 0.2) is 12.1 Å². The van der Waals surface area contributed by atoms with Crippen molar-refractivity contribution in [1.82, 2.24) is 0 Å². The Kier molecular flexibility index (Phi) is 3.85. The average molecular weight is 283 g/mol. The van der Waals surface area contributed by atoms with Crippen molar-refractivity contribution in [2.75, 3.05) is 4.72 Å². The van der Waals surface area contributed by atoms with E-state index in [1.807, 2.05) is 0 Å². The molecule has 1 rings (SSSR count). The molecular formula is C9H8F3NO4S. The molecule has 0 aliphatic carbocycles. The number of aliphatic carboxylic acids is 1. The van der Waals surface area contributed by atoms with Crippen LogP contribution in [0, 0.1) is 17.5 Å². The lowest BCUT2D eigenvalue weighted by atomic mass is 10.3. The predicted octanol–water partition coefficient (Wildman–Crippen LogP) is 1.32. The maximum absolute atomic E-state index is 13.2. The summed E-state index contributed by atoms with van der Waals surface area (Å²) in [6.07, 6.45) is 0. The maximum atomic E-state index is 13.2. The van der Waals surface area contributed by atoms with Gasteiger partial charge in [-0.25, -0.2) is 21.6 Å². The summed E-state index contributed by atoms with van der Waals surface area (Å²) in [5.41, 5.74) is -0.986. The molecule has 0 bridgehead atoms. The van der Waals surface area contributed by atoms with Gasteiger partial charge in [0.15, 0.2) is 16.9 Å². The summed E-state index contributed by atoms with van der Waals surface area (Å²) in [4.78, 5) is 10.5. The Hall–Kier alpha value is -1.77. The van der Waals surface area contributed by atoms with Gasteiger partial charge < -0.3 is 5.11 Å². The normalized spacial score (nSPS) is 13.1. The zero-order valence-corrected chi connectivity index (χ0v) is 9.76. The van der Waals surface area contributed by atoms with E-state index in [9.17, 15) is 26.4 Å². The summed E-state index contributed by atoms with van der Waals surface area (Å²) in [6, 6.07) is 0.637. The Morgan fingerprint density at radius 3 is 2.39 bits per heavy atom. The van der Waals surface area contributed by atoms with E-state index in [1.165, 1.54) is 4.72 Å². The van der Waals surface area contributed by atoms with Crippen LogP contribution in [0.4, 0.5) is 18.9 Å². The van der Waals surface area contributed by atoms with Crippen molar-refractivity contribution < 1.29 is 31.5 Å². The standard InChI is InChI=1S/C9H8F3NO4S/c1-4(9(14)15)18(16,17)13-7-3-5(10)2-6(11)8(7)12/h2-4,13H,1H3,(H,14,15). The van der Waals surface area contributed by atoms with E-state index in [-0.39, 0.29) is 6.07 Å². The molecule has 1 aromatic carbocycles. The van der Waals surface area contributed by atoms with Gasteiger partial charge in [-0.3, -0.25) is 9.52 Å². The molecule has 2 N–H and O–H groups in total. The van der Waals surface area contributed by atoms with Gasteiger partial charge in [-0.1, -0.05) is 0 Å². The second-order valence-electron chi connectivity index (χ2n) is 3.38. The number of halogens is 3. The molecule has 0 saturated carbocycles. The summed E-state index contributed by atoms with van der Waals surface area (Å²) in [5, 5.41) is 6.61. The monoisotopic (exact) mass is 283 g/mol. The smallest absolute Gasteiger partial charge is 0.323 e. The first-order valence-corrected chi connectivity index (χ1v) is 6.08. The average Bonchev–Trinajstić information content (AvgIpc) is 2.23. The second kappa shape index (κ2) is 4.84. The fourth-order valence-electron chi connectivity index (χ4n) is 1.00. The zero-order chi connectivity index (χ0) is 14.1. The van der Waals surface area contributed by atoms with E-state index in [2.05, 4.69) is 0 Å². The third-order valence-electron chi connectivity index (χ3n) is 2.06. The highest BCUT2D eigenvalue weighted by atomic mass is 32.2. The van der Waals surface area contributed by atoms with Gasteiger partial charge in [0.05, 0.1) is 5.69 Å². The molecule has 1 atom stereocenters. The van der Waals surface area contributed by atoms with Crippen LogP contribution in [0.5, 0.6) is 0 Å². The van der Waals surface area contributed by atoms with Gasteiger partial charge in [-0.15, -0.1) is 0 Å². The van der Waals surface area contributed by atoms with E-state index in [1.54, 1.807) is 0 Å². The summed E-state index contributed by atoms with van der Waals surface area (Å²) in [7, 11) is -4.49. The lowest BCUT2D eigenvalue weighted by Crippen LogP contribution is -2.32. The molecule has 0 aliphatic rings. The van der Waals surface area contributed by atoms with Crippen LogP contribution >= 0.6 is 0 Å². The van der Waals surface area contributed by atoms with Gasteiger partial charge in [-0.2, -0.15) is 0 Å².